The summed E-state index contributed by atoms with van der Waals surface area (Å²) in [6, 6.07) is 16.7. The van der Waals surface area contributed by atoms with Gasteiger partial charge in [0.05, 0.1) is 11.3 Å². The summed E-state index contributed by atoms with van der Waals surface area (Å²) in [5.74, 6) is 0.479. The molecule has 4 aromatic rings. The van der Waals surface area contributed by atoms with Gasteiger partial charge in [-0.1, -0.05) is 29.1 Å². The molecule has 10 nitrogen and oxygen atoms in total. The maximum Gasteiger partial charge on any atom is 0.187 e. The fraction of sp³-hybridized carbons (Fsp3) is 0.154. The molecule has 0 bridgehead atoms. The number of thiazole rings is 1. The molecule has 0 aliphatic heterocycles. The molecule has 1 unspecified atom stereocenters. The Morgan fingerprint density at radius 3 is 2.51 bits per heavy atom. The van der Waals surface area contributed by atoms with E-state index >= 15 is 0 Å². The van der Waals surface area contributed by atoms with Gasteiger partial charge in [0.15, 0.2) is 5.13 Å². The van der Waals surface area contributed by atoms with Crippen LogP contribution in [0.4, 0.5) is 21.0 Å². The molecule has 0 radical (unpaired) electrons. The number of hydrogen-bond donors (Lipinski definition) is 3. The van der Waals surface area contributed by atoms with E-state index in [1.807, 2.05) is 11.4 Å². The van der Waals surface area contributed by atoms with Crippen molar-refractivity contribution in [1.29, 1.82) is 10.5 Å². The Balaban J connectivity index is 1.54. The number of nitrogen functional groups attached to an aromatic ring is 1. The number of ether oxygens (including phenoxy) is 1. The Kier molecular flexibility index (Phi) is 9.01. The van der Waals surface area contributed by atoms with E-state index in [4.69, 9.17) is 10.5 Å². The molecule has 196 valence electrons. The van der Waals surface area contributed by atoms with Gasteiger partial charge in [-0.05, 0) is 42.0 Å². The smallest absolute Gasteiger partial charge is 0.187 e. The number of anilines is 3. The van der Waals surface area contributed by atoms with E-state index in [1.165, 1.54) is 35.2 Å². The van der Waals surface area contributed by atoms with Crippen LogP contribution >= 0.6 is 23.1 Å². The van der Waals surface area contributed by atoms with Gasteiger partial charge >= 0.3 is 0 Å². The SMILES string of the molecule is N#Cc1c(N)nc(SCc2csc(Nc3ccc(F)cc3)n2)c(C#N)c1-c1ccc(OCC(O)CN=O)cc1. The number of thioether (sulfide) groups is 1. The summed E-state index contributed by atoms with van der Waals surface area (Å²) in [7, 11) is 0. The van der Waals surface area contributed by atoms with Crippen LogP contribution < -0.4 is 15.8 Å². The molecule has 13 heteroatoms. The van der Waals surface area contributed by atoms with Gasteiger partial charge in [0, 0.05) is 22.4 Å². The minimum Gasteiger partial charge on any atom is -0.491 e. The zero-order valence-corrected chi connectivity index (χ0v) is 21.8. The van der Waals surface area contributed by atoms with Gasteiger partial charge in [-0.2, -0.15) is 15.4 Å². The normalized spacial score (nSPS) is 11.3. The Hall–Kier alpha value is -4.56. The van der Waals surface area contributed by atoms with Crippen molar-refractivity contribution in [1.82, 2.24) is 9.97 Å². The molecule has 0 saturated carbocycles. The highest BCUT2D eigenvalue weighted by Gasteiger charge is 2.21. The van der Waals surface area contributed by atoms with E-state index in [1.54, 1.807) is 36.4 Å². The molecule has 4 rings (SSSR count). The van der Waals surface area contributed by atoms with Gasteiger partial charge in [0.2, 0.25) is 0 Å². The Morgan fingerprint density at radius 1 is 1.13 bits per heavy atom. The number of aliphatic hydroxyl groups excluding tert-OH is 1. The fourth-order valence-electron chi connectivity index (χ4n) is 3.47. The average molecular weight is 562 g/mol. The van der Waals surface area contributed by atoms with Crippen molar-refractivity contribution in [2.24, 2.45) is 5.18 Å². The number of aliphatic hydroxyl groups is 1. The van der Waals surface area contributed by atoms with E-state index < -0.39 is 6.10 Å². The molecule has 0 aliphatic rings. The molecular weight excluding hydrogens is 541 g/mol. The van der Waals surface area contributed by atoms with Crippen molar-refractivity contribution in [2.45, 2.75) is 16.9 Å². The van der Waals surface area contributed by atoms with Crippen LogP contribution in [0.2, 0.25) is 0 Å². The predicted molar refractivity (Wildman–Crippen MR) is 147 cm³/mol. The van der Waals surface area contributed by atoms with Gasteiger partial charge in [-0.15, -0.1) is 11.3 Å². The molecule has 4 N–H and O–H groups in total. The van der Waals surface area contributed by atoms with Crippen molar-refractivity contribution in [3.05, 3.63) is 81.5 Å². The fourth-order valence-corrected chi connectivity index (χ4v) is 5.19. The third-order valence-electron chi connectivity index (χ3n) is 5.29. The summed E-state index contributed by atoms with van der Waals surface area (Å²) in [6.07, 6.45) is -1.02. The van der Waals surface area contributed by atoms with Crippen LogP contribution in [-0.2, 0) is 5.75 Å². The first-order valence-electron chi connectivity index (χ1n) is 11.4. The second-order valence-corrected chi connectivity index (χ2v) is 9.84. The number of pyridine rings is 1. The highest BCUT2D eigenvalue weighted by atomic mass is 32.2. The van der Waals surface area contributed by atoms with Crippen LogP contribution in [0.1, 0.15) is 16.8 Å². The van der Waals surface area contributed by atoms with Crippen molar-refractivity contribution < 1.29 is 14.2 Å². The van der Waals surface area contributed by atoms with Crippen LogP contribution in [0.25, 0.3) is 11.1 Å². The summed E-state index contributed by atoms with van der Waals surface area (Å²) < 4.78 is 18.6. The summed E-state index contributed by atoms with van der Waals surface area (Å²) in [5.41, 5.74) is 8.73. The number of hydrogen-bond acceptors (Lipinski definition) is 12. The summed E-state index contributed by atoms with van der Waals surface area (Å²) in [6.45, 7) is -0.391. The van der Waals surface area contributed by atoms with E-state index in [-0.39, 0.29) is 35.9 Å². The molecule has 0 aliphatic carbocycles. The third-order valence-corrected chi connectivity index (χ3v) is 7.11. The monoisotopic (exact) mass is 561 g/mol. The predicted octanol–water partition coefficient (Wildman–Crippen LogP) is 5.21. The molecular formula is C26H20FN7O3S2. The van der Waals surface area contributed by atoms with Crippen molar-refractivity contribution >= 4 is 39.7 Å². The van der Waals surface area contributed by atoms with Crippen LogP contribution in [0.5, 0.6) is 5.75 Å². The largest absolute Gasteiger partial charge is 0.491 e. The maximum absolute atomic E-state index is 13.1. The van der Waals surface area contributed by atoms with E-state index in [0.717, 1.165) is 5.69 Å². The Bertz CT molecular complexity index is 1550. The zero-order valence-electron chi connectivity index (χ0n) is 20.2. The molecule has 0 amide bonds. The van der Waals surface area contributed by atoms with Crippen LogP contribution in [0.15, 0.2) is 64.1 Å². The zero-order chi connectivity index (χ0) is 27.8. The van der Waals surface area contributed by atoms with Gasteiger partial charge in [0.25, 0.3) is 0 Å². The van der Waals surface area contributed by atoms with Crippen molar-refractivity contribution in [2.75, 3.05) is 24.2 Å². The number of nitrogens with one attached hydrogen (secondary N) is 1. The molecule has 0 fully saturated rings. The number of aromatic nitrogens is 2. The van der Waals surface area contributed by atoms with E-state index in [2.05, 4.69) is 26.5 Å². The topological polar surface area (TPSA) is 170 Å². The Morgan fingerprint density at radius 2 is 1.85 bits per heavy atom. The number of halogens is 1. The van der Waals surface area contributed by atoms with Gasteiger partial charge in [-0.3, -0.25) is 0 Å². The van der Waals surface area contributed by atoms with Gasteiger partial charge in [-0.25, -0.2) is 14.4 Å². The molecule has 0 saturated heterocycles. The second kappa shape index (κ2) is 12.8. The van der Waals surface area contributed by atoms with E-state index in [9.17, 15) is 24.9 Å². The lowest BCUT2D eigenvalue weighted by Gasteiger charge is -2.14. The lowest BCUT2D eigenvalue weighted by atomic mass is 9.97. The highest BCUT2D eigenvalue weighted by molar-refractivity contribution is 7.98. The first-order chi connectivity index (χ1) is 18.9. The maximum atomic E-state index is 13.1. The molecule has 2 heterocycles. The number of rotatable bonds is 11. The molecule has 1 atom stereocenters. The molecule has 2 aromatic carbocycles. The standard InChI is InChI=1S/C26H20FN7O3S2/c27-16-3-5-17(6-4-16)32-26-33-18(14-39-26)13-38-25-22(10-29)23(21(9-28)24(30)34-25)15-1-7-20(8-2-15)37-12-19(35)11-31-36/h1-8,14,19,35H,11-13H2,(H2,30,34)(H,32,33). The number of nitrogens with two attached hydrogens (primary N) is 1. The summed E-state index contributed by atoms with van der Waals surface area (Å²) >= 11 is 2.65. The molecule has 2 aromatic heterocycles. The number of nitrogens with zero attached hydrogens (tertiary/aromatic N) is 5. The lowest BCUT2D eigenvalue weighted by molar-refractivity contribution is 0.114. The van der Waals surface area contributed by atoms with Gasteiger partial charge < -0.3 is 20.9 Å². The first-order valence-corrected chi connectivity index (χ1v) is 13.2. The molecule has 0 spiro atoms. The Labute approximate surface area is 230 Å². The number of benzene rings is 2. The third kappa shape index (κ3) is 6.86. The van der Waals surface area contributed by atoms with Crippen molar-refractivity contribution in [3.8, 4) is 29.0 Å². The number of nitriles is 2. The lowest BCUT2D eigenvalue weighted by Crippen LogP contribution is -2.20. The average Bonchev–Trinajstić information content (AvgIpc) is 3.39. The first kappa shape index (κ1) is 27.5. The summed E-state index contributed by atoms with van der Waals surface area (Å²) in [5, 5.41) is 38.0. The quantitative estimate of drug-likeness (QED) is 0.163. The van der Waals surface area contributed by atoms with Crippen LogP contribution in [0.3, 0.4) is 0 Å². The second-order valence-electron chi connectivity index (χ2n) is 8.02. The van der Waals surface area contributed by atoms with Crippen LogP contribution in [-0.4, -0.2) is 34.3 Å². The van der Waals surface area contributed by atoms with E-state index in [0.29, 0.717) is 38.5 Å². The number of nitroso groups, excluding NO2 is 1. The van der Waals surface area contributed by atoms with Crippen molar-refractivity contribution in [3.63, 3.8) is 0 Å². The van der Waals surface area contributed by atoms with Gasteiger partial charge in [0.1, 0.15) is 59.4 Å². The summed E-state index contributed by atoms with van der Waals surface area (Å²) in [4.78, 5) is 19.1. The van der Waals surface area contributed by atoms with Crippen LogP contribution in [0, 0.1) is 33.4 Å². The highest BCUT2D eigenvalue weighted by Crippen LogP contribution is 2.37. The molecule has 39 heavy (non-hydrogen) atoms. The minimum absolute atomic E-state index is 0.00393. The minimum atomic E-state index is -1.02.